The molecule has 0 aliphatic heterocycles. The number of carbonyl (C=O) groups is 2. The van der Waals surface area contributed by atoms with Gasteiger partial charge in [0.1, 0.15) is 18.1 Å². The fraction of sp³-hybridized carbons (Fsp3) is 0.188. The van der Waals surface area contributed by atoms with E-state index in [0.29, 0.717) is 18.7 Å². The Hall–Kier alpha value is -2.89. The number of para-hydroxylation sites is 1. The fourth-order valence-corrected chi connectivity index (χ4v) is 1.71. The molecule has 114 valence electrons. The van der Waals surface area contributed by atoms with E-state index < -0.39 is 5.97 Å². The Kier molecular flexibility index (Phi) is 5.48. The lowest BCUT2D eigenvalue weighted by atomic mass is 10.2. The van der Waals surface area contributed by atoms with E-state index in [9.17, 15) is 9.59 Å². The minimum absolute atomic E-state index is 0.229. The third-order valence-corrected chi connectivity index (χ3v) is 2.82. The number of nitrogens with one attached hydrogen (secondary N) is 1. The second kappa shape index (κ2) is 7.78. The fourth-order valence-electron chi connectivity index (χ4n) is 1.71. The quantitative estimate of drug-likeness (QED) is 0.648. The molecule has 0 saturated heterocycles. The molecule has 1 N–H and O–H groups in total. The highest BCUT2D eigenvalue weighted by atomic mass is 16.5. The van der Waals surface area contributed by atoms with Gasteiger partial charge in [-0.15, -0.1) is 0 Å². The zero-order valence-corrected chi connectivity index (χ0v) is 12.1. The maximum atomic E-state index is 11.9. The van der Waals surface area contributed by atoms with Crippen LogP contribution >= 0.6 is 0 Å². The van der Waals surface area contributed by atoms with Crippen molar-refractivity contribution in [2.45, 2.75) is 0 Å². The number of benzene rings is 1. The molecule has 0 unspecified atom stereocenters. The largest absolute Gasteiger partial charge is 0.492 e. The molecule has 6 heteroatoms. The number of carbonyl (C=O) groups excluding carboxylic acids is 2. The minimum atomic E-state index is -0.490. The Labute approximate surface area is 128 Å². The number of aromatic nitrogens is 1. The second-order valence-corrected chi connectivity index (χ2v) is 4.34. The highest BCUT2D eigenvalue weighted by molar-refractivity contribution is 5.94. The van der Waals surface area contributed by atoms with E-state index >= 15 is 0 Å². The van der Waals surface area contributed by atoms with Crippen LogP contribution in [0.5, 0.6) is 5.75 Å². The molecule has 1 heterocycles. The van der Waals surface area contributed by atoms with Gasteiger partial charge in [-0.05, 0) is 24.3 Å². The molecule has 0 radical (unpaired) electrons. The van der Waals surface area contributed by atoms with Crippen molar-refractivity contribution in [3.05, 3.63) is 59.9 Å². The van der Waals surface area contributed by atoms with Crippen LogP contribution in [0.2, 0.25) is 0 Å². The van der Waals surface area contributed by atoms with Gasteiger partial charge in [0, 0.05) is 6.20 Å². The van der Waals surface area contributed by atoms with Gasteiger partial charge in [-0.25, -0.2) is 4.79 Å². The number of nitrogens with zero attached hydrogens (tertiary/aromatic N) is 1. The van der Waals surface area contributed by atoms with Crippen molar-refractivity contribution in [1.29, 1.82) is 0 Å². The van der Waals surface area contributed by atoms with Gasteiger partial charge in [-0.2, -0.15) is 0 Å². The predicted molar refractivity (Wildman–Crippen MR) is 79.8 cm³/mol. The summed E-state index contributed by atoms with van der Waals surface area (Å²) in [6, 6.07) is 12.3. The van der Waals surface area contributed by atoms with Gasteiger partial charge >= 0.3 is 5.97 Å². The molecule has 1 amide bonds. The first-order valence-electron chi connectivity index (χ1n) is 6.71. The maximum Gasteiger partial charge on any atom is 0.339 e. The molecule has 0 saturated carbocycles. The van der Waals surface area contributed by atoms with Gasteiger partial charge in [-0.1, -0.05) is 18.2 Å². The summed E-state index contributed by atoms with van der Waals surface area (Å²) in [5.74, 6) is -0.0684. The van der Waals surface area contributed by atoms with Crippen LogP contribution in [-0.2, 0) is 4.74 Å². The van der Waals surface area contributed by atoms with Crippen LogP contribution in [0.4, 0.5) is 0 Å². The minimum Gasteiger partial charge on any atom is -0.492 e. The van der Waals surface area contributed by atoms with E-state index in [-0.39, 0.29) is 11.6 Å². The van der Waals surface area contributed by atoms with Gasteiger partial charge in [0.2, 0.25) is 0 Å². The number of esters is 1. The van der Waals surface area contributed by atoms with E-state index in [2.05, 4.69) is 15.0 Å². The van der Waals surface area contributed by atoms with Gasteiger partial charge in [0.25, 0.3) is 5.91 Å². The van der Waals surface area contributed by atoms with Gasteiger partial charge in [0.15, 0.2) is 0 Å². The summed E-state index contributed by atoms with van der Waals surface area (Å²) in [4.78, 5) is 27.1. The number of pyridine rings is 1. The Morgan fingerprint density at radius 2 is 1.91 bits per heavy atom. The molecule has 2 aromatic rings. The number of methoxy groups -OCH3 is 1. The van der Waals surface area contributed by atoms with E-state index in [1.54, 1.807) is 0 Å². The molecule has 1 aromatic carbocycles. The molecule has 0 aliphatic rings. The third-order valence-electron chi connectivity index (χ3n) is 2.82. The van der Waals surface area contributed by atoms with Crippen molar-refractivity contribution < 1.29 is 19.1 Å². The molecular formula is C16H16N2O4. The van der Waals surface area contributed by atoms with Crippen LogP contribution in [0.25, 0.3) is 0 Å². The highest BCUT2D eigenvalue weighted by Crippen LogP contribution is 2.07. The molecule has 1 aromatic heterocycles. The average molecular weight is 300 g/mol. The number of amides is 1. The Morgan fingerprint density at radius 3 is 2.55 bits per heavy atom. The summed E-state index contributed by atoms with van der Waals surface area (Å²) in [7, 11) is 1.29. The van der Waals surface area contributed by atoms with Crippen molar-refractivity contribution in [1.82, 2.24) is 10.3 Å². The van der Waals surface area contributed by atoms with Gasteiger partial charge in [-0.3, -0.25) is 9.78 Å². The first-order chi connectivity index (χ1) is 10.7. The normalized spacial score (nSPS) is 9.86. The zero-order valence-electron chi connectivity index (χ0n) is 12.1. The monoisotopic (exact) mass is 300 g/mol. The SMILES string of the molecule is COC(=O)c1ccc(C(=O)NCCOc2ccccc2)nc1. The standard InChI is InChI=1S/C16H16N2O4/c1-21-16(20)12-7-8-14(18-11-12)15(19)17-9-10-22-13-5-3-2-4-6-13/h2-8,11H,9-10H2,1H3,(H,17,19). The van der Waals surface area contributed by atoms with Crippen LogP contribution < -0.4 is 10.1 Å². The molecule has 0 atom stereocenters. The second-order valence-electron chi connectivity index (χ2n) is 4.34. The zero-order chi connectivity index (χ0) is 15.8. The highest BCUT2D eigenvalue weighted by Gasteiger charge is 2.09. The van der Waals surface area contributed by atoms with Crippen LogP contribution in [0, 0.1) is 0 Å². The number of rotatable bonds is 6. The first kappa shape index (κ1) is 15.5. The smallest absolute Gasteiger partial charge is 0.339 e. The lowest BCUT2D eigenvalue weighted by molar-refractivity contribution is 0.0599. The van der Waals surface area contributed by atoms with Crippen molar-refractivity contribution >= 4 is 11.9 Å². The Balaban J connectivity index is 1.78. The van der Waals surface area contributed by atoms with Crippen molar-refractivity contribution in [3.8, 4) is 5.75 Å². The molecular weight excluding hydrogens is 284 g/mol. The predicted octanol–water partition coefficient (Wildman–Crippen LogP) is 1.68. The summed E-state index contributed by atoms with van der Waals surface area (Å²) in [5.41, 5.74) is 0.527. The van der Waals surface area contributed by atoms with Gasteiger partial charge in [0.05, 0.1) is 19.2 Å². The average Bonchev–Trinajstić information content (AvgIpc) is 2.59. The van der Waals surface area contributed by atoms with Crippen LogP contribution in [0.15, 0.2) is 48.7 Å². The van der Waals surface area contributed by atoms with Crippen LogP contribution in [-0.4, -0.2) is 37.1 Å². The molecule has 0 bridgehead atoms. The van der Waals surface area contributed by atoms with E-state index in [1.165, 1.54) is 25.4 Å². The number of hydrogen-bond acceptors (Lipinski definition) is 5. The third kappa shape index (κ3) is 4.31. The summed E-state index contributed by atoms with van der Waals surface area (Å²) in [6.45, 7) is 0.712. The Bertz CT molecular complexity index is 626. The van der Waals surface area contributed by atoms with Crippen molar-refractivity contribution in [2.75, 3.05) is 20.3 Å². The van der Waals surface area contributed by atoms with Gasteiger partial charge < -0.3 is 14.8 Å². The molecule has 0 spiro atoms. The van der Waals surface area contributed by atoms with Crippen LogP contribution in [0.3, 0.4) is 0 Å². The van der Waals surface area contributed by atoms with E-state index in [1.807, 2.05) is 30.3 Å². The van der Waals surface area contributed by atoms with Crippen LogP contribution in [0.1, 0.15) is 20.8 Å². The summed E-state index contributed by atoms with van der Waals surface area (Å²) < 4.78 is 10.0. The first-order valence-corrected chi connectivity index (χ1v) is 6.71. The molecule has 2 rings (SSSR count). The summed E-state index contributed by atoms with van der Waals surface area (Å²) in [5, 5.41) is 2.69. The molecule has 22 heavy (non-hydrogen) atoms. The molecule has 6 nitrogen and oxygen atoms in total. The molecule has 0 fully saturated rings. The van der Waals surface area contributed by atoms with E-state index in [4.69, 9.17) is 4.74 Å². The summed E-state index contributed by atoms with van der Waals surface area (Å²) >= 11 is 0. The lowest BCUT2D eigenvalue weighted by Crippen LogP contribution is -2.28. The number of ether oxygens (including phenoxy) is 2. The Morgan fingerprint density at radius 1 is 1.14 bits per heavy atom. The van der Waals surface area contributed by atoms with E-state index in [0.717, 1.165) is 5.75 Å². The number of hydrogen-bond donors (Lipinski definition) is 1. The summed E-state index contributed by atoms with van der Waals surface area (Å²) in [6.07, 6.45) is 1.31. The maximum absolute atomic E-state index is 11.9. The van der Waals surface area contributed by atoms with Crippen molar-refractivity contribution in [2.24, 2.45) is 0 Å². The molecule has 0 aliphatic carbocycles. The van der Waals surface area contributed by atoms with Crippen molar-refractivity contribution in [3.63, 3.8) is 0 Å². The lowest BCUT2D eigenvalue weighted by Gasteiger charge is -2.07. The topological polar surface area (TPSA) is 77.5 Å².